The highest BCUT2D eigenvalue weighted by Crippen LogP contribution is 2.18. The van der Waals surface area contributed by atoms with Gasteiger partial charge in [0.2, 0.25) is 5.91 Å². The SMILES string of the molecule is CCCCC/C=C\C/C=C\C/C=C\CCCCCCC(=O)OC(CCCCCCCCCCCCCC)CC(=O)NC(CO)C(O)CCCCCCCCCCCCCCC. The predicted molar refractivity (Wildman–Crippen MR) is 264 cm³/mol. The van der Waals surface area contributed by atoms with Gasteiger partial charge in [0, 0.05) is 6.42 Å². The molecule has 3 atom stereocenters. The normalized spacial score (nSPS) is 13.5. The molecule has 0 spiro atoms. The van der Waals surface area contributed by atoms with Crippen molar-refractivity contribution in [3.05, 3.63) is 36.5 Å². The first-order valence-electron chi connectivity index (χ1n) is 26.7. The van der Waals surface area contributed by atoms with Gasteiger partial charge >= 0.3 is 5.97 Å². The minimum atomic E-state index is -0.788. The quantitative estimate of drug-likeness (QED) is 0.0322. The number of carbonyl (C=O) groups excluding carboxylic acids is 2. The molecule has 0 heterocycles. The molecule has 0 rings (SSSR count). The Bertz CT molecular complexity index is 1010. The molecule has 0 aliphatic rings. The van der Waals surface area contributed by atoms with Crippen LogP contribution in [-0.2, 0) is 14.3 Å². The van der Waals surface area contributed by atoms with Gasteiger partial charge in [-0.05, 0) is 64.2 Å². The van der Waals surface area contributed by atoms with Crippen LogP contribution in [0, 0.1) is 0 Å². The molecular formula is C55H103NO5. The molecule has 0 aliphatic carbocycles. The van der Waals surface area contributed by atoms with Crippen molar-refractivity contribution in [3.8, 4) is 0 Å². The van der Waals surface area contributed by atoms with Gasteiger partial charge in [-0.3, -0.25) is 9.59 Å². The van der Waals surface area contributed by atoms with Crippen molar-refractivity contribution < 1.29 is 24.5 Å². The van der Waals surface area contributed by atoms with E-state index in [1.54, 1.807) is 0 Å². The summed E-state index contributed by atoms with van der Waals surface area (Å²) in [6.45, 7) is 6.46. The van der Waals surface area contributed by atoms with Crippen LogP contribution in [0.4, 0.5) is 0 Å². The molecule has 1 amide bonds. The van der Waals surface area contributed by atoms with Crippen LogP contribution in [0.25, 0.3) is 0 Å². The maximum atomic E-state index is 13.2. The van der Waals surface area contributed by atoms with Gasteiger partial charge in [-0.2, -0.15) is 0 Å². The number of hydrogen-bond acceptors (Lipinski definition) is 5. The average molecular weight is 858 g/mol. The predicted octanol–water partition coefficient (Wildman–Crippen LogP) is 16.1. The first-order chi connectivity index (χ1) is 30.0. The first-order valence-corrected chi connectivity index (χ1v) is 26.7. The lowest BCUT2D eigenvalue weighted by Crippen LogP contribution is -2.46. The van der Waals surface area contributed by atoms with E-state index >= 15 is 0 Å². The second kappa shape index (κ2) is 49.1. The van der Waals surface area contributed by atoms with Crippen molar-refractivity contribution >= 4 is 11.9 Å². The number of hydrogen-bond donors (Lipinski definition) is 3. The monoisotopic (exact) mass is 858 g/mol. The zero-order chi connectivity index (χ0) is 44.5. The van der Waals surface area contributed by atoms with Gasteiger partial charge in [0.1, 0.15) is 6.10 Å². The molecule has 0 fully saturated rings. The van der Waals surface area contributed by atoms with E-state index in [0.29, 0.717) is 19.3 Å². The van der Waals surface area contributed by atoms with Crippen LogP contribution in [0.15, 0.2) is 36.5 Å². The van der Waals surface area contributed by atoms with Gasteiger partial charge in [-0.1, -0.05) is 237 Å². The Morgan fingerprint density at radius 1 is 0.475 bits per heavy atom. The van der Waals surface area contributed by atoms with E-state index in [-0.39, 0.29) is 24.9 Å². The van der Waals surface area contributed by atoms with Crippen molar-refractivity contribution in [1.82, 2.24) is 5.32 Å². The molecule has 3 unspecified atom stereocenters. The number of nitrogens with one attached hydrogen (secondary N) is 1. The Hall–Kier alpha value is -1.92. The van der Waals surface area contributed by atoms with Gasteiger partial charge in [0.05, 0.1) is 25.2 Å². The zero-order valence-electron chi connectivity index (χ0n) is 40.8. The van der Waals surface area contributed by atoms with Crippen molar-refractivity contribution in [1.29, 1.82) is 0 Å². The largest absolute Gasteiger partial charge is 0.462 e. The lowest BCUT2D eigenvalue weighted by molar-refractivity contribution is -0.151. The Kier molecular flexibility index (Phi) is 47.6. The summed E-state index contributed by atoms with van der Waals surface area (Å²) in [5, 5.41) is 23.8. The summed E-state index contributed by atoms with van der Waals surface area (Å²) in [5.74, 6) is -0.487. The fraction of sp³-hybridized carbons (Fsp3) is 0.855. The fourth-order valence-corrected chi connectivity index (χ4v) is 8.14. The lowest BCUT2D eigenvalue weighted by atomic mass is 10.0. The number of aliphatic hydroxyl groups is 2. The molecule has 3 N–H and O–H groups in total. The summed E-state index contributed by atoms with van der Waals surface area (Å²) in [6.07, 6.45) is 57.7. The maximum Gasteiger partial charge on any atom is 0.306 e. The molecule has 6 heteroatoms. The van der Waals surface area contributed by atoms with E-state index in [4.69, 9.17) is 4.74 Å². The van der Waals surface area contributed by atoms with Crippen LogP contribution in [0.2, 0.25) is 0 Å². The Morgan fingerprint density at radius 3 is 1.30 bits per heavy atom. The number of carbonyl (C=O) groups is 2. The topological polar surface area (TPSA) is 95.9 Å². The molecule has 0 saturated carbocycles. The Morgan fingerprint density at radius 2 is 0.836 bits per heavy atom. The van der Waals surface area contributed by atoms with Gasteiger partial charge in [-0.25, -0.2) is 0 Å². The molecule has 0 aliphatic heterocycles. The van der Waals surface area contributed by atoms with Crippen LogP contribution in [-0.4, -0.2) is 46.9 Å². The highest BCUT2D eigenvalue weighted by Gasteiger charge is 2.24. The van der Waals surface area contributed by atoms with Crippen molar-refractivity contribution in [2.75, 3.05) is 6.61 Å². The summed E-state index contributed by atoms with van der Waals surface area (Å²) in [7, 11) is 0. The van der Waals surface area contributed by atoms with Gasteiger partial charge in [0.25, 0.3) is 0 Å². The summed E-state index contributed by atoms with van der Waals surface area (Å²) in [5.41, 5.74) is 0. The molecule has 0 aromatic heterocycles. The third-order valence-corrected chi connectivity index (χ3v) is 12.2. The van der Waals surface area contributed by atoms with Gasteiger partial charge in [-0.15, -0.1) is 0 Å². The number of aliphatic hydroxyl groups excluding tert-OH is 2. The van der Waals surface area contributed by atoms with E-state index in [1.165, 1.54) is 161 Å². The van der Waals surface area contributed by atoms with Crippen LogP contribution < -0.4 is 5.32 Å². The average Bonchev–Trinajstić information content (AvgIpc) is 3.25. The smallest absolute Gasteiger partial charge is 0.306 e. The first kappa shape index (κ1) is 59.1. The van der Waals surface area contributed by atoms with E-state index in [9.17, 15) is 19.8 Å². The van der Waals surface area contributed by atoms with Gasteiger partial charge in [0.15, 0.2) is 0 Å². The van der Waals surface area contributed by atoms with E-state index in [2.05, 4.69) is 62.5 Å². The van der Waals surface area contributed by atoms with Crippen LogP contribution in [0.1, 0.15) is 278 Å². The third kappa shape index (κ3) is 44.5. The number of ether oxygens (including phenoxy) is 1. The molecule has 0 bridgehead atoms. The second-order valence-corrected chi connectivity index (χ2v) is 18.3. The Balaban J connectivity index is 4.56. The van der Waals surface area contributed by atoms with Crippen LogP contribution in [0.5, 0.6) is 0 Å². The molecule has 61 heavy (non-hydrogen) atoms. The van der Waals surface area contributed by atoms with Gasteiger partial charge < -0.3 is 20.3 Å². The minimum Gasteiger partial charge on any atom is -0.462 e. The van der Waals surface area contributed by atoms with Crippen LogP contribution in [0.3, 0.4) is 0 Å². The van der Waals surface area contributed by atoms with Crippen molar-refractivity contribution in [2.24, 2.45) is 0 Å². The van der Waals surface area contributed by atoms with Crippen molar-refractivity contribution in [2.45, 2.75) is 296 Å². The zero-order valence-corrected chi connectivity index (χ0v) is 40.8. The summed E-state index contributed by atoms with van der Waals surface area (Å²) >= 11 is 0. The lowest BCUT2D eigenvalue weighted by Gasteiger charge is -2.24. The molecular weight excluding hydrogens is 755 g/mol. The number of unbranched alkanes of at least 4 members (excludes halogenated alkanes) is 30. The number of rotatable bonds is 48. The summed E-state index contributed by atoms with van der Waals surface area (Å²) in [4.78, 5) is 26.2. The molecule has 358 valence electrons. The third-order valence-electron chi connectivity index (χ3n) is 12.2. The number of allylic oxidation sites excluding steroid dienone is 6. The van der Waals surface area contributed by atoms with Crippen molar-refractivity contribution in [3.63, 3.8) is 0 Å². The molecule has 6 nitrogen and oxygen atoms in total. The molecule has 0 saturated heterocycles. The highest BCUT2D eigenvalue weighted by atomic mass is 16.5. The molecule has 0 aromatic carbocycles. The Labute approximate surface area is 379 Å². The number of esters is 1. The van der Waals surface area contributed by atoms with Crippen LogP contribution >= 0.6 is 0 Å². The van der Waals surface area contributed by atoms with E-state index in [0.717, 1.165) is 70.6 Å². The fourth-order valence-electron chi connectivity index (χ4n) is 8.14. The highest BCUT2D eigenvalue weighted by molar-refractivity contribution is 5.77. The van der Waals surface area contributed by atoms with E-state index < -0.39 is 18.2 Å². The number of amides is 1. The standard InChI is InChI=1S/C55H103NO5/c1-4-7-10-13-16-19-22-25-26-27-28-30-33-36-39-42-45-48-55(60)61-51(46-43-40-37-34-31-24-21-18-15-12-9-6-3)49-54(59)56-52(50-57)53(58)47-44-41-38-35-32-29-23-20-17-14-11-8-5-2/h16,19,25-26,28,30,51-53,57-58H,4-15,17-18,20-24,27,29,31-50H2,1-3H3,(H,56,59)/b19-16-,26-25-,30-28-. The summed E-state index contributed by atoms with van der Waals surface area (Å²) < 4.78 is 5.93. The maximum absolute atomic E-state index is 13.2. The minimum absolute atomic E-state index is 0.0724. The second-order valence-electron chi connectivity index (χ2n) is 18.3. The summed E-state index contributed by atoms with van der Waals surface area (Å²) in [6, 6.07) is -0.702. The molecule has 0 aromatic rings. The van der Waals surface area contributed by atoms with E-state index in [1.807, 2.05) is 0 Å². The molecule has 0 radical (unpaired) electrons.